The summed E-state index contributed by atoms with van der Waals surface area (Å²) < 4.78 is 13.6. The van der Waals surface area contributed by atoms with E-state index in [-0.39, 0.29) is 11.2 Å². The molecule has 2 N–H and O–H groups in total. The maximum atomic E-state index is 13.6. The lowest BCUT2D eigenvalue weighted by atomic mass is 9.89. The van der Waals surface area contributed by atoms with Gasteiger partial charge in [-0.2, -0.15) is 0 Å². The van der Waals surface area contributed by atoms with E-state index < -0.39 is 0 Å². The van der Waals surface area contributed by atoms with Gasteiger partial charge in [0.25, 0.3) is 0 Å². The molecule has 3 aromatic rings. The third kappa shape index (κ3) is 2.52. The van der Waals surface area contributed by atoms with Crippen LogP contribution < -0.4 is 5.73 Å². The molecule has 1 aromatic heterocycles. The van der Waals surface area contributed by atoms with Crippen molar-refractivity contribution in [1.82, 2.24) is 9.97 Å². The van der Waals surface area contributed by atoms with E-state index in [0.717, 1.165) is 16.6 Å². The lowest BCUT2D eigenvalue weighted by Crippen LogP contribution is -2.15. The Bertz CT molecular complexity index is 851. The molecule has 0 amide bonds. The summed E-state index contributed by atoms with van der Waals surface area (Å²) in [5.74, 6) is 0.110. The van der Waals surface area contributed by atoms with Crippen LogP contribution in [0.2, 0.25) is 0 Å². The minimum Gasteiger partial charge on any atom is -0.398 e. The normalized spacial score (nSPS) is 11.8. The van der Waals surface area contributed by atoms with Crippen LogP contribution in [0, 0.1) is 5.82 Å². The number of halogens is 1. The molecule has 0 aliphatic rings. The number of hydrogen-bond acceptors (Lipinski definition) is 3. The number of fused-ring (bicyclic) bond motifs is 1. The Hall–Kier alpha value is -2.49. The summed E-state index contributed by atoms with van der Waals surface area (Å²) in [7, 11) is 0. The van der Waals surface area contributed by atoms with Crippen LogP contribution in [0.25, 0.3) is 22.3 Å². The highest BCUT2D eigenvalue weighted by Crippen LogP contribution is 2.31. The summed E-state index contributed by atoms with van der Waals surface area (Å²) in [5.41, 5.74) is 8.58. The zero-order valence-corrected chi connectivity index (χ0v) is 12.9. The number of anilines is 1. The molecule has 0 aliphatic carbocycles. The maximum absolute atomic E-state index is 13.6. The second-order valence-electron chi connectivity index (χ2n) is 6.39. The molecule has 0 saturated carbocycles. The molecule has 0 radical (unpaired) electrons. The van der Waals surface area contributed by atoms with Crippen LogP contribution >= 0.6 is 0 Å². The predicted octanol–water partition coefficient (Wildman–Crippen LogP) is 4.32. The van der Waals surface area contributed by atoms with Gasteiger partial charge in [0.15, 0.2) is 5.82 Å². The average Bonchev–Trinajstić information content (AvgIpc) is 2.47. The lowest BCUT2D eigenvalue weighted by Gasteiger charge is -2.21. The van der Waals surface area contributed by atoms with E-state index in [0.29, 0.717) is 17.1 Å². The van der Waals surface area contributed by atoms with Gasteiger partial charge in [-0.05, 0) is 24.3 Å². The second-order valence-corrected chi connectivity index (χ2v) is 6.39. The number of para-hydroxylation sites is 1. The Morgan fingerprint density at radius 1 is 1.00 bits per heavy atom. The van der Waals surface area contributed by atoms with Gasteiger partial charge in [0.05, 0.1) is 11.2 Å². The molecule has 3 rings (SSSR count). The molecule has 3 nitrogen and oxygen atoms in total. The van der Waals surface area contributed by atoms with Crippen LogP contribution in [0.4, 0.5) is 10.1 Å². The van der Waals surface area contributed by atoms with E-state index in [1.807, 2.05) is 24.3 Å². The summed E-state index contributed by atoms with van der Waals surface area (Å²) in [5, 5.41) is 1.01. The third-order valence-electron chi connectivity index (χ3n) is 3.57. The van der Waals surface area contributed by atoms with Crippen molar-refractivity contribution in [2.45, 2.75) is 26.2 Å². The smallest absolute Gasteiger partial charge is 0.162 e. The fraction of sp³-hybridized carbons (Fsp3) is 0.222. The van der Waals surface area contributed by atoms with Crippen molar-refractivity contribution in [3.05, 3.63) is 54.0 Å². The Balaban J connectivity index is 2.34. The van der Waals surface area contributed by atoms with Gasteiger partial charge < -0.3 is 5.73 Å². The Kier molecular flexibility index (Phi) is 3.32. The van der Waals surface area contributed by atoms with Crippen molar-refractivity contribution in [2.24, 2.45) is 0 Å². The van der Waals surface area contributed by atoms with Gasteiger partial charge in [0.2, 0.25) is 0 Å². The van der Waals surface area contributed by atoms with Crippen LogP contribution in [0.1, 0.15) is 26.5 Å². The first kappa shape index (κ1) is 14.4. The van der Waals surface area contributed by atoms with E-state index in [2.05, 4.69) is 30.7 Å². The number of nitrogens with two attached hydrogens (primary N) is 1. The first-order valence-electron chi connectivity index (χ1n) is 7.19. The molecule has 0 saturated heterocycles. The van der Waals surface area contributed by atoms with Gasteiger partial charge in [-0.1, -0.05) is 39.0 Å². The van der Waals surface area contributed by atoms with Crippen LogP contribution in [0.15, 0.2) is 42.5 Å². The topological polar surface area (TPSA) is 51.8 Å². The number of hydrogen-bond donors (Lipinski definition) is 1. The minimum atomic E-state index is -0.349. The first-order valence-corrected chi connectivity index (χ1v) is 7.19. The molecule has 22 heavy (non-hydrogen) atoms. The van der Waals surface area contributed by atoms with E-state index in [1.54, 1.807) is 6.07 Å². The Labute approximate surface area is 129 Å². The summed E-state index contributed by atoms with van der Waals surface area (Å²) in [4.78, 5) is 9.25. The molecule has 112 valence electrons. The zero-order chi connectivity index (χ0) is 15.9. The number of nitrogens with zero attached hydrogens (tertiary/aromatic N) is 2. The van der Waals surface area contributed by atoms with Gasteiger partial charge in [0.1, 0.15) is 5.82 Å². The highest BCUT2D eigenvalue weighted by Gasteiger charge is 2.21. The number of benzene rings is 2. The van der Waals surface area contributed by atoms with Crippen molar-refractivity contribution in [3.63, 3.8) is 0 Å². The molecular formula is C18H18FN3. The Morgan fingerprint density at radius 2 is 1.73 bits per heavy atom. The first-order chi connectivity index (χ1) is 10.4. The predicted molar refractivity (Wildman–Crippen MR) is 88.0 cm³/mol. The molecule has 0 unspecified atom stereocenters. The van der Waals surface area contributed by atoms with Crippen molar-refractivity contribution < 1.29 is 4.39 Å². The van der Waals surface area contributed by atoms with Crippen molar-refractivity contribution in [2.75, 3.05) is 5.73 Å². The summed E-state index contributed by atoms with van der Waals surface area (Å²) in [6.45, 7) is 6.29. The molecule has 4 heteroatoms. The van der Waals surface area contributed by atoms with E-state index in [9.17, 15) is 4.39 Å². The van der Waals surface area contributed by atoms with Gasteiger partial charge in [-0.15, -0.1) is 0 Å². The lowest BCUT2D eigenvalue weighted by molar-refractivity contribution is 0.575. The quantitative estimate of drug-likeness (QED) is 0.680. The molecule has 0 bridgehead atoms. The molecule has 0 atom stereocenters. The highest BCUT2D eigenvalue weighted by atomic mass is 19.1. The molecule has 2 aromatic carbocycles. The fourth-order valence-electron chi connectivity index (χ4n) is 2.49. The van der Waals surface area contributed by atoms with Crippen LogP contribution in [-0.4, -0.2) is 9.97 Å². The largest absolute Gasteiger partial charge is 0.398 e. The van der Waals surface area contributed by atoms with Crippen LogP contribution in [0.5, 0.6) is 0 Å². The van der Waals surface area contributed by atoms with Gasteiger partial charge in [-0.25, -0.2) is 14.4 Å². The minimum absolute atomic E-state index is 0.153. The SMILES string of the molecule is CC(C)(C)c1nc(-c2cc(F)ccc2N)nc2ccccc12. The Morgan fingerprint density at radius 3 is 2.45 bits per heavy atom. The monoisotopic (exact) mass is 295 g/mol. The van der Waals surface area contributed by atoms with Gasteiger partial charge in [-0.3, -0.25) is 0 Å². The number of rotatable bonds is 1. The van der Waals surface area contributed by atoms with E-state index in [4.69, 9.17) is 5.73 Å². The molecule has 0 aliphatic heterocycles. The standard InChI is InChI=1S/C18H18FN3/c1-18(2,3)16-12-6-4-5-7-15(12)21-17(22-16)13-10-11(19)8-9-14(13)20/h4-10H,20H2,1-3H3. The van der Waals surface area contributed by atoms with E-state index in [1.165, 1.54) is 12.1 Å². The average molecular weight is 295 g/mol. The van der Waals surface area contributed by atoms with Gasteiger partial charge >= 0.3 is 0 Å². The highest BCUT2D eigenvalue weighted by molar-refractivity contribution is 5.85. The number of nitrogen functional groups attached to an aromatic ring is 1. The fourth-order valence-corrected chi connectivity index (χ4v) is 2.49. The zero-order valence-electron chi connectivity index (χ0n) is 12.9. The summed E-state index contributed by atoms with van der Waals surface area (Å²) >= 11 is 0. The van der Waals surface area contributed by atoms with Crippen molar-refractivity contribution in [3.8, 4) is 11.4 Å². The summed E-state index contributed by atoms with van der Waals surface area (Å²) in [6.07, 6.45) is 0. The molecule has 0 fully saturated rings. The third-order valence-corrected chi connectivity index (χ3v) is 3.57. The second kappa shape index (κ2) is 5.05. The molecule has 1 heterocycles. The maximum Gasteiger partial charge on any atom is 0.162 e. The van der Waals surface area contributed by atoms with E-state index >= 15 is 0 Å². The molecule has 0 spiro atoms. The van der Waals surface area contributed by atoms with Crippen molar-refractivity contribution >= 4 is 16.6 Å². The van der Waals surface area contributed by atoms with Crippen LogP contribution in [0.3, 0.4) is 0 Å². The number of aromatic nitrogens is 2. The van der Waals surface area contributed by atoms with Gasteiger partial charge in [0, 0.05) is 22.1 Å². The molecular weight excluding hydrogens is 277 g/mol. The summed E-state index contributed by atoms with van der Waals surface area (Å²) in [6, 6.07) is 12.1. The van der Waals surface area contributed by atoms with Crippen LogP contribution in [-0.2, 0) is 5.41 Å². The van der Waals surface area contributed by atoms with Crippen molar-refractivity contribution in [1.29, 1.82) is 0 Å².